The topological polar surface area (TPSA) is 56.0 Å². The number of hydrogen-bond donors (Lipinski definition) is 1. The number of hydrogen-bond acceptors (Lipinski definition) is 3. The van der Waals surface area contributed by atoms with E-state index in [9.17, 15) is 4.21 Å². The molecule has 1 heterocycles. The second-order valence-corrected chi connectivity index (χ2v) is 5.75. The van der Waals surface area contributed by atoms with E-state index in [2.05, 4.69) is 23.2 Å². The zero-order chi connectivity index (χ0) is 13.1. The van der Waals surface area contributed by atoms with Gasteiger partial charge >= 0.3 is 0 Å². The van der Waals surface area contributed by atoms with Gasteiger partial charge in [-0.1, -0.05) is 23.8 Å². The Morgan fingerprint density at radius 3 is 2.78 bits per heavy atom. The molecule has 1 aromatic heterocycles. The van der Waals surface area contributed by atoms with Crippen LogP contribution in [0.1, 0.15) is 16.7 Å². The van der Waals surface area contributed by atoms with Gasteiger partial charge in [0.05, 0.1) is 33.3 Å². The van der Waals surface area contributed by atoms with Crippen molar-refractivity contribution in [3.63, 3.8) is 0 Å². The highest BCUT2D eigenvalue weighted by Crippen LogP contribution is 2.20. The van der Waals surface area contributed by atoms with E-state index < -0.39 is 10.8 Å². The van der Waals surface area contributed by atoms with Crippen LogP contribution in [-0.4, -0.2) is 9.19 Å². The van der Waals surface area contributed by atoms with Gasteiger partial charge in [0, 0.05) is 6.20 Å². The molecule has 0 fully saturated rings. The molecule has 0 aliphatic rings. The first-order valence-electron chi connectivity index (χ1n) is 5.72. The van der Waals surface area contributed by atoms with Crippen LogP contribution in [0.4, 0.5) is 5.69 Å². The quantitative estimate of drug-likeness (QED) is 0.922. The molecule has 18 heavy (non-hydrogen) atoms. The molecule has 0 amide bonds. The maximum Gasteiger partial charge on any atom is 0.0664 e. The van der Waals surface area contributed by atoms with Crippen LogP contribution in [0.3, 0.4) is 0 Å². The molecule has 3 nitrogen and oxygen atoms in total. The molecule has 1 unspecified atom stereocenters. The number of pyridine rings is 1. The Kier molecular flexibility index (Phi) is 3.77. The highest BCUT2D eigenvalue weighted by atomic mass is 32.2. The number of nitrogens with zero attached hydrogens (tertiary/aromatic N) is 1. The van der Waals surface area contributed by atoms with E-state index >= 15 is 0 Å². The highest BCUT2D eigenvalue weighted by Gasteiger charge is 2.10. The smallest absolute Gasteiger partial charge is 0.0664 e. The number of aromatic nitrogens is 1. The fourth-order valence-corrected chi connectivity index (χ4v) is 3.05. The van der Waals surface area contributed by atoms with Gasteiger partial charge in [0.25, 0.3) is 0 Å². The third-order valence-electron chi connectivity index (χ3n) is 2.85. The summed E-state index contributed by atoms with van der Waals surface area (Å²) in [7, 11) is -1.13. The fraction of sp³-hybridized carbons (Fsp3) is 0.214. The van der Waals surface area contributed by atoms with E-state index in [1.165, 1.54) is 11.8 Å². The predicted octanol–water partition coefficient (Wildman–Crippen LogP) is 2.59. The van der Waals surface area contributed by atoms with Gasteiger partial charge in [-0.2, -0.15) is 0 Å². The van der Waals surface area contributed by atoms with Crippen LogP contribution >= 0.6 is 0 Å². The molecule has 4 heteroatoms. The SMILES string of the molecule is Cc1ccc(C)c(CS(=O)c2ccncc2N)c1. The number of nitrogens with two attached hydrogens (primary N) is 1. The Hall–Kier alpha value is -1.68. The molecule has 94 valence electrons. The van der Waals surface area contributed by atoms with E-state index in [1.807, 2.05) is 13.8 Å². The third-order valence-corrected chi connectivity index (χ3v) is 4.28. The Morgan fingerprint density at radius 2 is 2.06 bits per heavy atom. The van der Waals surface area contributed by atoms with Crippen molar-refractivity contribution < 1.29 is 4.21 Å². The van der Waals surface area contributed by atoms with Gasteiger partial charge in [-0.15, -0.1) is 0 Å². The lowest BCUT2D eigenvalue weighted by atomic mass is 10.1. The van der Waals surface area contributed by atoms with Gasteiger partial charge in [0.1, 0.15) is 0 Å². The van der Waals surface area contributed by atoms with Gasteiger partial charge in [-0.3, -0.25) is 9.19 Å². The number of rotatable bonds is 3. The number of nitrogen functional groups attached to an aromatic ring is 1. The van der Waals surface area contributed by atoms with Crippen molar-refractivity contribution >= 4 is 16.5 Å². The minimum absolute atomic E-state index is 0.487. The summed E-state index contributed by atoms with van der Waals surface area (Å²) in [6.07, 6.45) is 3.16. The third kappa shape index (κ3) is 2.76. The minimum Gasteiger partial charge on any atom is -0.396 e. The normalized spacial score (nSPS) is 12.3. The molecule has 1 aromatic carbocycles. The first kappa shape index (κ1) is 12.8. The number of benzene rings is 1. The minimum atomic E-state index is -1.13. The summed E-state index contributed by atoms with van der Waals surface area (Å²) < 4.78 is 12.3. The van der Waals surface area contributed by atoms with Crippen molar-refractivity contribution in [1.82, 2.24) is 4.98 Å². The van der Waals surface area contributed by atoms with E-state index in [1.54, 1.807) is 12.3 Å². The van der Waals surface area contributed by atoms with Gasteiger partial charge in [-0.05, 0) is 31.0 Å². The zero-order valence-electron chi connectivity index (χ0n) is 10.5. The van der Waals surface area contributed by atoms with Crippen molar-refractivity contribution in [2.45, 2.75) is 24.5 Å². The molecule has 0 bridgehead atoms. The Bertz CT molecular complexity index is 596. The lowest BCUT2D eigenvalue weighted by molar-refractivity contribution is 0.682. The molecular formula is C14H16N2OS. The van der Waals surface area contributed by atoms with Crippen LogP contribution in [0.2, 0.25) is 0 Å². The van der Waals surface area contributed by atoms with Gasteiger partial charge < -0.3 is 5.73 Å². The average molecular weight is 260 g/mol. The van der Waals surface area contributed by atoms with E-state index in [0.717, 1.165) is 11.1 Å². The fourth-order valence-electron chi connectivity index (χ4n) is 1.78. The molecule has 2 aromatic rings. The van der Waals surface area contributed by atoms with Crippen molar-refractivity contribution in [3.8, 4) is 0 Å². The molecule has 2 rings (SSSR count). The van der Waals surface area contributed by atoms with E-state index in [4.69, 9.17) is 5.73 Å². The van der Waals surface area contributed by atoms with Crippen molar-refractivity contribution in [3.05, 3.63) is 53.3 Å². The highest BCUT2D eigenvalue weighted by molar-refractivity contribution is 7.84. The summed E-state index contributed by atoms with van der Waals surface area (Å²) >= 11 is 0. The van der Waals surface area contributed by atoms with Crippen LogP contribution in [0.25, 0.3) is 0 Å². The second kappa shape index (κ2) is 5.31. The van der Waals surface area contributed by atoms with Crippen LogP contribution < -0.4 is 5.73 Å². The average Bonchev–Trinajstić information content (AvgIpc) is 2.34. The first-order valence-corrected chi connectivity index (χ1v) is 7.04. The second-order valence-electron chi connectivity index (χ2n) is 4.33. The summed E-state index contributed by atoms with van der Waals surface area (Å²) in [4.78, 5) is 4.56. The number of aryl methyl sites for hydroxylation is 2. The molecule has 1 atom stereocenters. The Morgan fingerprint density at radius 1 is 1.28 bits per heavy atom. The summed E-state index contributed by atoms with van der Waals surface area (Å²) in [5, 5.41) is 0. The van der Waals surface area contributed by atoms with E-state index in [-0.39, 0.29) is 0 Å². The van der Waals surface area contributed by atoms with Crippen molar-refractivity contribution in [2.75, 3.05) is 5.73 Å². The Balaban J connectivity index is 2.27. The van der Waals surface area contributed by atoms with Crippen LogP contribution in [-0.2, 0) is 16.6 Å². The van der Waals surface area contributed by atoms with Gasteiger partial charge in [0.2, 0.25) is 0 Å². The van der Waals surface area contributed by atoms with Crippen molar-refractivity contribution in [1.29, 1.82) is 0 Å². The maximum atomic E-state index is 12.3. The largest absolute Gasteiger partial charge is 0.396 e. The molecule has 0 aliphatic heterocycles. The van der Waals surface area contributed by atoms with Crippen LogP contribution in [0.5, 0.6) is 0 Å². The predicted molar refractivity (Wildman–Crippen MR) is 74.7 cm³/mol. The van der Waals surface area contributed by atoms with Crippen molar-refractivity contribution in [2.24, 2.45) is 0 Å². The molecular weight excluding hydrogens is 244 g/mol. The molecule has 0 saturated carbocycles. The summed E-state index contributed by atoms with van der Waals surface area (Å²) in [6.45, 7) is 4.06. The maximum absolute atomic E-state index is 12.3. The first-order chi connectivity index (χ1) is 8.58. The molecule has 0 aliphatic carbocycles. The monoisotopic (exact) mass is 260 g/mol. The van der Waals surface area contributed by atoms with Crippen LogP contribution in [0.15, 0.2) is 41.6 Å². The molecule has 0 saturated heterocycles. The Labute approximate surface area is 110 Å². The van der Waals surface area contributed by atoms with Gasteiger partial charge in [0.15, 0.2) is 0 Å². The molecule has 2 N–H and O–H groups in total. The lowest BCUT2D eigenvalue weighted by Gasteiger charge is -2.08. The molecule has 0 spiro atoms. The summed E-state index contributed by atoms with van der Waals surface area (Å²) in [5.41, 5.74) is 9.71. The standard InChI is InChI=1S/C14H16N2OS/c1-10-3-4-11(2)12(7-10)9-18(17)14-5-6-16-8-13(14)15/h3-8H,9,15H2,1-2H3. The zero-order valence-corrected chi connectivity index (χ0v) is 11.3. The van der Waals surface area contributed by atoms with Crippen LogP contribution in [0, 0.1) is 13.8 Å². The summed E-state index contributed by atoms with van der Waals surface area (Å²) in [5.74, 6) is 0.488. The van der Waals surface area contributed by atoms with E-state index in [0.29, 0.717) is 16.3 Å². The lowest BCUT2D eigenvalue weighted by Crippen LogP contribution is -2.02. The summed E-state index contributed by atoms with van der Waals surface area (Å²) in [6, 6.07) is 7.90. The van der Waals surface area contributed by atoms with Gasteiger partial charge in [-0.25, -0.2) is 0 Å². The molecule has 0 radical (unpaired) electrons. The number of anilines is 1.